The number of carbonyl (C=O) groups is 1. The third-order valence-electron chi connectivity index (χ3n) is 4.51. The maximum Gasteiger partial charge on any atom is 0.157 e. The first kappa shape index (κ1) is 15.2. The molecule has 0 radical (unpaired) electrons. The van der Waals surface area contributed by atoms with E-state index in [0.717, 1.165) is 38.3 Å². The van der Waals surface area contributed by atoms with E-state index < -0.39 is 0 Å². The molecule has 1 aromatic carbocycles. The van der Waals surface area contributed by atoms with E-state index >= 15 is 0 Å². The second-order valence-corrected chi connectivity index (χ2v) is 5.87. The predicted molar refractivity (Wildman–Crippen MR) is 83.7 cm³/mol. The quantitative estimate of drug-likeness (QED) is 0.811. The number of hydrogen-bond donors (Lipinski definition) is 0. The number of carbonyl (C=O) groups excluding carboxylic acids is 1. The van der Waals surface area contributed by atoms with E-state index in [-0.39, 0.29) is 5.54 Å². The summed E-state index contributed by atoms with van der Waals surface area (Å²) in [6.07, 6.45) is 3.99. The molecule has 3 rings (SSSR count). The number of benzene rings is 1. The summed E-state index contributed by atoms with van der Waals surface area (Å²) in [5.41, 5.74) is 0.910. The van der Waals surface area contributed by atoms with Gasteiger partial charge in [-0.3, -0.25) is 9.69 Å². The zero-order chi connectivity index (χ0) is 14.6. The fourth-order valence-corrected chi connectivity index (χ4v) is 3.56. The van der Waals surface area contributed by atoms with Gasteiger partial charge in [-0.15, -0.1) is 0 Å². The molecule has 0 N–H and O–H groups in total. The van der Waals surface area contributed by atoms with Crippen molar-refractivity contribution in [1.29, 1.82) is 0 Å². The number of likely N-dealkylation sites (tertiary alicyclic amines) is 1. The van der Waals surface area contributed by atoms with Gasteiger partial charge in [-0.2, -0.15) is 0 Å². The predicted octanol–water partition coefficient (Wildman–Crippen LogP) is 4.00. The lowest BCUT2D eigenvalue weighted by molar-refractivity contribution is -0.141. The molecule has 0 bridgehead atoms. The van der Waals surface area contributed by atoms with Crippen LogP contribution in [-0.2, 0) is 10.3 Å². The van der Waals surface area contributed by atoms with Crippen molar-refractivity contribution in [2.45, 2.75) is 52.0 Å². The summed E-state index contributed by atoms with van der Waals surface area (Å²) in [5, 5.41) is 0. The molecule has 1 saturated carbocycles. The molecule has 1 aliphatic carbocycles. The number of ketones is 1. The summed E-state index contributed by atoms with van der Waals surface area (Å²) in [5.74, 6) is 1.17. The van der Waals surface area contributed by atoms with Gasteiger partial charge in [0, 0.05) is 19.5 Å². The molecule has 1 aliphatic heterocycles. The van der Waals surface area contributed by atoms with Crippen molar-refractivity contribution >= 4 is 5.78 Å². The van der Waals surface area contributed by atoms with Gasteiger partial charge in [-0.1, -0.05) is 57.5 Å². The molecule has 2 heteroatoms. The molecule has 1 unspecified atom stereocenters. The highest BCUT2D eigenvalue weighted by Gasteiger charge is 2.49. The van der Waals surface area contributed by atoms with Gasteiger partial charge in [0.1, 0.15) is 5.54 Å². The molecular formula is C18H27NO. The van der Waals surface area contributed by atoms with Crippen LogP contribution in [-0.4, -0.2) is 23.8 Å². The third-order valence-corrected chi connectivity index (χ3v) is 4.51. The van der Waals surface area contributed by atoms with Crippen LogP contribution in [0, 0.1) is 5.92 Å². The third kappa shape index (κ3) is 2.54. The highest BCUT2D eigenvalue weighted by Crippen LogP contribution is 2.43. The molecule has 1 aromatic rings. The Hall–Kier alpha value is -1.15. The van der Waals surface area contributed by atoms with Crippen LogP contribution in [0.25, 0.3) is 0 Å². The first-order valence-electron chi connectivity index (χ1n) is 8.07. The molecule has 2 aliphatic rings. The monoisotopic (exact) mass is 273 g/mol. The molecule has 2 fully saturated rings. The van der Waals surface area contributed by atoms with Gasteiger partial charge in [0.2, 0.25) is 0 Å². The van der Waals surface area contributed by atoms with E-state index in [2.05, 4.69) is 36.1 Å². The summed E-state index contributed by atoms with van der Waals surface area (Å²) in [4.78, 5) is 15.0. The fourth-order valence-electron chi connectivity index (χ4n) is 3.56. The second kappa shape index (κ2) is 6.53. The highest BCUT2D eigenvalue weighted by atomic mass is 16.1. The molecule has 20 heavy (non-hydrogen) atoms. The van der Waals surface area contributed by atoms with Crippen LogP contribution >= 0.6 is 0 Å². The Kier molecular flexibility index (Phi) is 4.98. The average Bonchev–Trinajstić information content (AvgIpc) is 2.48. The average molecular weight is 273 g/mol. The van der Waals surface area contributed by atoms with E-state index in [1.165, 1.54) is 12.0 Å². The number of Topliss-reactive ketones (excluding diaryl/α,β-unsaturated/α-hetero) is 1. The summed E-state index contributed by atoms with van der Waals surface area (Å²) in [6.45, 7) is 8.41. The SMILES string of the molecule is CC.CC1CN(C2(c3ccccc3)CCCCC2=O)C1. The second-order valence-electron chi connectivity index (χ2n) is 5.87. The Balaban J connectivity index is 0.000000704. The van der Waals surface area contributed by atoms with Crippen LogP contribution in [0.2, 0.25) is 0 Å². The van der Waals surface area contributed by atoms with Crippen molar-refractivity contribution in [3.8, 4) is 0 Å². The Morgan fingerprint density at radius 3 is 2.30 bits per heavy atom. The Labute approximate surface area is 123 Å². The summed E-state index contributed by atoms with van der Waals surface area (Å²) in [6, 6.07) is 10.4. The summed E-state index contributed by atoms with van der Waals surface area (Å²) in [7, 11) is 0. The maximum atomic E-state index is 12.6. The van der Waals surface area contributed by atoms with Crippen molar-refractivity contribution in [1.82, 2.24) is 4.90 Å². The van der Waals surface area contributed by atoms with Gasteiger partial charge in [-0.25, -0.2) is 0 Å². The smallest absolute Gasteiger partial charge is 0.157 e. The van der Waals surface area contributed by atoms with Gasteiger partial charge in [0.15, 0.2) is 5.78 Å². The minimum Gasteiger partial charge on any atom is -0.297 e. The highest BCUT2D eigenvalue weighted by molar-refractivity contribution is 5.90. The van der Waals surface area contributed by atoms with Gasteiger partial charge >= 0.3 is 0 Å². The molecule has 1 saturated heterocycles. The molecule has 1 heterocycles. The molecule has 0 spiro atoms. The van der Waals surface area contributed by atoms with Crippen molar-refractivity contribution in [3.05, 3.63) is 35.9 Å². The number of nitrogens with zero attached hydrogens (tertiary/aromatic N) is 1. The first-order valence-corrected chi connectivity index (χ1v) is 8.07. The van der Waals surface area contributed by atoms with Crippen LogP contribution in [0.1, 0.15) is 52.0 Å². The van der Waals surface area contributed by atoms with E-state index in [4.69, 9.17) is 0 Å². The standard InChI is InChI=1S/C16H21NO.C2H6/c1-13-11-17(12-13)16(10-6-5-9-15(16)18)14-7-3-2-4-8-14;1-2/h2-4,7-8,13H,5-6,9-12H2,1H3;1-2H3. The molecule has 0 amide bonds. The van der Waals surface area contributed by atoms with Crippen molar-refractivity contribution < 1.29 is 4.79 Å². The Bertz CT molecular complexity index is 436. The molecule has 0 aromatic heterocycles. The Morgan fingerprint density at radius 1 is 1.10 bits per heavy atom. The topological polar surface area (TPSA) is 20.3 Å². The van der Waals surface area contributed by atoms with Gasteiger partial charge in [0.05, 0.1) is 0 Å². The van der Waals surface area contributed by atoms with Gasteiger partial charge in [-0.05, 0) is 24.3 Å². The lowest BCUT2D eigenvalue weighted by atomic mass is 9.72. The molecule has 1 atom stereocenters. The molecular weight excluding hydrogens is 246 g/mol. The minimum atomic E-state index is -0.300. The van der Waals surface area contributed by atoms with E-state index in [1.807, 2.05) is 19.9 Å². The van der Waals surface area contributed by atoms with Crippen molar-refractivity contribution in [3.63, 3.8) is 0 Å². The van der Waals surface area contributed by atoms with Crippen LogP contribution in [0.4, 0.5) is 0 Å². The summed E-state index contributed by atoms with van der Waals surface area (Å²) >= 11 is 0. The maximum absolute atomic E-state index is 12.6. The van der Waals surface area contributed by atoms with E-state index in [1.54, 1.807) is 0 Å². The fraction of sp³-hybridized carbons (Fsp3) is 0.611. The van der Waals surface area contributed by atoms with Crippen molar-refractivity contribution in [2.24, 2.45) is 5.92 Å². The lowest BCUT2D eigenvalue weighted by Gasteiger charge is -2.52. The van der Waals surface area contributed by atoms with E-state index in [9.17, 15) is 4.79 Å². The minimum absolute atomic E-state index is 0.300. The zero-order valence-electron chi connectivity index (χ0n) is 13.1. The van der Waals surface area contributed by atoms with Crippen molar-refractivity contribution in [2.75, 3.05) is 13.1 Å². The number of hydrogen-bond acceptors (Lipinski definition) is 2. The van der Waals surface area contributed by atoms with Gasteiger partial charge in [0.25, 0.3) is 0 Å². The van der Waals surface area contributed by atoms with Crippen LogP contribution in [0.5, 0.6) is 0 Å². The molecule has 110 valence electrons. The summed E-state index contributed by atoms with van der Waals surface area (Å²) < 4.78 is 0. The van der Waals surface area contributed by atoms with Gasteiger partial charge < -0.3 is 0 Å². The van der Waals surface area contributed by atoms with Crippen LogP contribution in [0.3, 0.4) is 0 Å². The Morgan fingerprint density at radius 2 is 1.75 bits per heavy atom. The van der Waals surface area contributed by atoms with E-state index in [0.29, 0.717) is 5.78 Å². The first-order chi connectivity index (χ1) is 9.73. The lowest BCUT2D eigenvalue weighted by Crippen LogP contribution is -2.61. The molecule has 2 nitrogen and oxygen atoms in total. The van der Waals surface area contributed by atoms with Crippen LogP contribution in [0.15, 0.2) is 30.3 Å². The number of rotatable bonds is 2. The largest absolute Gasteiger partial charge is 0.297 e. The zero-order valence-corrected chi connectivity index (χ0v) is 13.1. The van der Waals surface area contributed by atoms with Crippen LogP contribution < -0.4 is 0 Å². The normalized spacial score (nSPS) is 27.4.